The molecule has 0 saturated carbocycles. The van der Waals surface area contributed by atoms with Gasteiger partial charge in [-0.3, -0.25) is 4.79 Å². The van der Waals surface area contributed by atoms with Gasteiger partial charge in [-0.1, -0.05) is 19.1 Å². The fourth-order valence-corrected chi connectivity index (χ4v) is 2.55. The van der Waals surface area contributed by atoms with E-state index in [0.29, 0.717) is 12.5 Å². The third kappa shape index (κ3) is 5.92. The number of carbonyl (C=O) groups is 1. The summed E-state index contributed by atoms with van der Waals surface area (Å²) in [5, 5.41) is 6.18. The highest BCUT2D eigenvalue weighted by atomic mass is 35.5. The first-order valence-electron chi connectivity index (χ1n) is 7.39. The van der Waals surface area contributed by atoms with Crippen LogP contribution >= 0.6 is 24.8 Å². The van der Waals surface area contributed by atoms with Crippen molar-refractivity contribution < 1.29 is 9.18 Å². The van der Waals surface area contributed by atoms with Crippen molar-refractivity contribution in [1.29, 1.82) is 0 Å². The minimum Gasteiger partial charge on any atom is -0.354 e. The fourth-order valence-electron chi connectivity index (χ4n) is 2.55. The lowest BCUT2D eigenvalue weighted by atomic mass is 9.88. The Morgan fingerprint density at radius 1 is 1.39 bits per heavy atom. The van der Waals surface area contributed by atoms with Gasteiger partial charge < -0.3 is 15.5 Å². The summed E-state index contributed by atoms with van der Waals surface area (Å²) in [6.45, 7) is 4.28. The third-order valence-electron chi connectivity index (χ3n) is 4.26. The average molecular weight is 366 g/mol. The maximum absolute atomic E-state index is 13.4. The second-order valence-electron chi connectivity index (χ2n) is 5.99. The second kappa shape index (κ2) is 10.1. The number of hydrogen-bond donors (Lipinski definition) is 2. The van der Waals surface area contributed by atoms with Crippen molar-refractivity contribution in [3.63, 3.8) is 0 Å². The van der Waals surface area contributed by atoms with Gasteiger partial charge >= 0.3 is 0 Å². The molecule has 0 bridgehead atoms. The predicted octanol–water partition coefficient (Wildman–Crippen LogP) is 2.24. The topological polar surface area (TPSA) is 44.4 Å². The Morgan fingerprint density at radius 3 is 2.52 bits per heavy atom. The molecule has 7 heteroatoms. The molecular weight excluding hydrogens is 340 g/mol. The second-order valence-corrected chi connectivity index (χ2v) is 5.99. The quantitative estimate of drug-likeness (QED) is 0.812. The summed E-state index contributed by atoms with van der Waals surface area (Å²) in [6, 6.07) is 6.51. The molecule has 0 radical (unpaired) electrons. The minimum absolute atomic E-state index is 0. The van der Waals surface area contributed by atoms with E-state index in [4.69, 9.17) is 0 Å². The van der Waals surface area contributed by atoms with E-state index in [1.165, 1.54) is 12.1 Å². The molecule has 4 nitrogen and oxygen atoms in total. The average Bonchev–Trinajstić information content (AvgIpc) is 2.36. The Morgan fingerprint density at radius 2 is 2.04 bits per heavy atom. The first-order chi connectivity index (χ1) is 9.99. The van der Waals surface area contributed by atoms with Crippen LogP contribution in [0.5, 0.6) is 0 Å². The number of benzene rings is 1. The van der Waals surface area contributed by atoms with E-state index in [0.717, 1.165) is 18.7 Å². The molecule has 1 aromatic carbocycles. The van der Waals surface area contributed by atoms with Gasteiger partial charge in [-0.2, -0.15) is 0 Å². The highest BCUT2D eigenvalue weighted by molar-refractivity contribution is 5.85. The Balaban J connectivity index is 0.00000242. The maximum Gasteiger partial charge on any atom is 0.223 e. The van der Waals surface area contributed by atoms with Crippen LogP contribution in [0.2, 0.25) is 0 Å². The summed E-state index contributed by atoms with van der Waals surface area (Å²) < 4.78 is 13.4. The Hall–Kier alpha value is -0.880. The summed E-state index contributed by atoms with van der Waals surface area (Å²) in [5.74, 6) is 0.267. The van der Waals surface area contributed by atoms with Crippen molar-refractivity contribution in [2.75, 3.05) is 33.7 Å². The standard InChI is InChI=1S/C16H24FN3O.2ClH/c1-11(13-8-18-9-13)16(21)19-10-15(20(2)3)12-5-4-6-14(17)7-12;;/h4-7,11,13,15,18H,8-10H2,1-3H3,(H,19,21);2*1H. The van der Waals surface area contributed by atoms with Gasteiger partial charge in [0, 0.05) is 12.5 Å². The van der Waals surface area contributed by atoms with Crippen LogP contribution in [0.15, 0.2) is 24.3 Å². The van der Waals surface area contributed by atoms with E-state index in [1.54, 1.807) is 6.07 Å². The molecule has 1 saturated heterocycles. The smallest absolute Gasteiger partial charge is 0.223 e. The molecule has 2 rings (SSSR count). The molecule has 2 atom stereocenters. The summed E-state index contributed by atoms with van der Waals surface area (Å²) in [5.41, 5.74) is 0.873. The van der Waals surface area contributed by atoms with Gasteiger partial charge in [-0.15, -0.1) is 24.8 Å². The molecule has 0 aliphatic carbocycles. The molecule has 1 aliphatic heterocycles. The van der Waals surface area contributed by atoms with Crippen molar-refractivity contribution in [2.24, 2.45) is 11.8 Å². The Kier molecular flexibility index (Phi) is 9.70. The van der Waals surface area contributed by atoms with Gasteiger partial charge in [0.1, 0.15) is 5.82 Å². The van der Waals surface area contributed by atoms with Crippen molar-refractivity contribution in [3.8, 4) is 0 Å². The fraction of sp³-hybridized carbons (Fsp3) is 0.562. The summed E-state index contributed by atoms with van der Waals surface area (Å²) in [6.07, 6.45) is 0. The van der Waals surface area contributed by atoms with Crippen LogP contribution in [0.1, 0.15) is 18.5 Å². The highest BCUT2D eigenvalue weighted by Gasteiger charge is 2.29. The van der Waals surface area contributed by atoms with Crippen LogP contribution in [0.3, 0.4) is 0 Å². The molecule has 1 amide bonds. The van der Waals surface area contributed by atoms with Gasteiger partial charge in [0.25, 0.3) is 0 Å². The van der Waals surface area contributed by atoms with Gasteiger partial charge in [0.2, 0.25) is 5.91 Å². The maximum atomic E-state index is 13.4. The molecule has 0 aromatic heterocycles. The molecule has 1 fully saturated rings. The summed E-state index contributed by atoms with van der Waals surface area (Å²) in [4.78, 5) is 14.2. The minimum atomic E-state index is -0.250. The molecule has 1 heterocycles. The number of hydrogen-bond acceptors (Lipinski definition) is 3. The SMILES string of the molecule is CC(C(=O)NCC(c1cccc(F)c1)N(C)C)C1CNC1.Cl.Cl. The van der Waals surface area contributed by atoms with Crippen LogP contribution in [0.25, 0.3) is 0 Å². The number of halogens is 3. The number of rotatable bonds is 6. The van der Waals surface area contributed by atoms with Crippen LogP contribution in [0.4, 0.5) is 4.39 Å². The van der Waals surface area contributed by atoms with Crippen molar-refractivity contribution in [2.45, 2.75) is 13.0 Å². The first-order valence-corrected chi connectivity index (χ1v) is 7.39. The molecule has 1 aliphatic rings. The zero-order valence-corrected chi connectivity index (χ0v) is 15.3. The Labute approximate surface area is 150 Å². The summed E-state index contributed by atoms with van der Waals surface area (Å²) in [7, 11) is 3.86. The van der Waals surface area contributed by atoms with Crippen LogP contribution in [-0.2, 0) is 4.79 Å². The molecule has 23 heavy (non-hydrogen) atoms. The first kappa shape index (κ1) is 22.1. The van der Waals surface area contributed by atoms with E-state index in [9.17, 15) is 9.18 Å². The predicted molar refractivity (Wildman–Crippen MR) is 95.9 cm³/mol. The third-order valence-corrected chi connectivity index (χ3v) is 4.26. The highest BCUT2D eigenvalue weighted by Crippen LogP contribution is 2.20. The van der Waals surface area contributed by atoms with E-state index >= 15 is 0 Å². The molecular formula is C16H26Cl2FN3O. The van der Waals surface area contributed by atoms with Crippen molar-refractivity contribution in [3.05, 3.63) is 35.6 Å². The lowest BCUT2D eigenvalue weighted by Gasteiger charge is -2.32. The van der Waals surface area contributed by atoms with E-state index in [2.05, 4.69) is 10.6 Å². The van der Waals surface area contributed by atoms with Gasteiger partial charge in [0.15, 0.2) is 0 Å². The zero-order chi connectivity index (χ0) is 15.4. The lowest BCUT2D eigenvalue weighted by molar-refractivity contribution is -0.126. The van der Waals surface area contributed by atoms with Gasteiger partial charge in [-0.05, 0) is 50.8 Å². The zero-order valence-electron chi connectivity index (χ0n) is 13.7. The largest absolute Gasteiger partial charge is 0.354 e. The van der Waals surface area contributed by atoms with E-state index in [1.807, 2.05) is 32.0 Å². The molecule has 1 aromatic rings. The van der Waals surface area contributed by atoms with Gasteiger partial charge in [0.05, 0.1) is 6.04 Å². The molecule has 2 unspecified atom stereocenters. The molecule has 132 valence electrons. The molecule has 2 N–H and O–H groups in total. The van der Waals surface area contributed by atoms with Crippen molar-refractivity contribution >= 4 is 30.7 Å². The normalized spacial score (nSPS) is 16.6. The van der Waals surface area contributed by atoms with Crippen LogP contribution in [-0.4, -0.2) is 44.5 Å². The van der Waals surface area contributed by atoms with E-state index in [-0.39, 0.29) is 48.5 Å². The number of nitrogens with zero attached hydrogens (tertiary/aromatic N) is 1. The number of carbonyl (C=O) groups excluding carboxylic acids is 1. The lowest BCUT2D eigenvalue weighted by Crippen LogP contribution is -2.50. The monoisotopic (exact) mass is 365 g/mol. The summed E-state index contributed by atoms with van der Waals surface area (Å²) >= 11 is 0. The number of nitrogens with one attached hydrogen (secondary N) is 2. The van der Waals surface area contributed by atoms with Crippen molar-refractivity contribution in [1.82, 2.24) is 15.5 Å². The van der Waals surface area contributed by atoms with E-state index < -0.39 is 0 Å². The number of amides is 1. The van der Waals surface area contributed by atoms with Crippen LogP contribution in [0, 0.1) is 17.7 Å². The molecule has 0 spiro atoms. The Bertz CT molecular complexity index is 498. The number of likely N-dealkylation sites (N-methyl/N-ethyl adjacent to an activating group) is 1. The van der Waals surface area contributed by atoms with Gasteiger partial charge in [-0.25, -0.2) is 4.39 Å². The van der Waals surface area contributed by atoms with Crippen LogP contribution < -0.4 is 10.6 Å².